The van der Waals surface area contributed by atoms with E-state index in [1.165, 1.54) is 6.92 Å². The highest BCUT2D eigenvalue weighted by molar-refractivity contribution is 6.00. The van der Waals surface area contributed by atoms with E-state index in [0.717, 1.165) is 17.7 Å². The zero-order valence-corrected chi connectivity index (χ0v) is 13.6. The number of hydrogen-bond acceptors (Lipinski definition) is 3. The molecule has 1 heterocycles. The number of Topliss-reactive ketones (excluding diaryl/α,β-unsaturated/α-hetero) is 1. The molecule has 1 aromatic rings. The van der Waals surface area contributed by atoms with Crippen molar-refractivity contribution in [1.82, 2.24) is 0 Å². The van der Waals surface area contributed by atoms with E-state index in [-0.39, 0.29) is 23.1 Å². The number of hydrogen-bond donors (Lipinski definition) is 0. The monoisotopic (exact) mass is 289 g/mol. The maximum Gasteiger partial charge on any atom is 0.224 e. The van der Waals surface area contributed by atoms with Crippen molar-refractivity contribution < 1.29 is 14.3 Å². The first-order chi connectivity index (χ1) is 9.69. The maximum absolute atomic E-state index is 12.1. The van der Waals surface area contributed by atoms with E-state index >= 15 is 0 Å². The fourth-order valence-corrected chi connectivity index (χ4v) is 3.49. The SMILES string of the molecule is COc1cc2c(cc1C(C)=O)C(C)CC(C)(C)N2C(C)=O. The summed E-state index contributed by atoms with van der Waals surface area (Å²) in [4.78, 5) is 25.7. The van der Waals surface area contributed by atoms with Gasteiger partial charge in [0.25, 0.3) is 0 Å². The van der Waals surface area contributed by atoms with Crippen LogP contribution in [-0.4, -0.2) is 24.3 Å². The van der Waals surface area contributed by atoms with E-state index in [0.29, 0.717) is 11.3 Å². The normalized spacial score (nSPS) is 19.9. The summed E-state index contributed by atoms with van der Waals surface area (Å²) in [6, 6.07) is 3.71. The summed E-state index contributed by atoms with van der Waals surface area (Å²) in [6.45, 7) is 9.38. The molecule has 0 fully saturated rings. The first-order valence-electron chi connectivity index (χ1n) is 7.22. The van der Waals surface area contributed by atoms with E-state index in [4.69, 9.17) is 4.74 Å². The van der Waals surface area contributed by atoms with Crippen LogP contribution in [0.25, 0.3) is 0 Å². The molecule has 1 aliphatic rings. The molecule has 21 heavy (non-hydrogen) atoms. The zero-order valence-electron chi connectivity index (χ0n) is 13.6. The zero-order chi connectivity index (χ0) is 15.9. The number of ether oxygens (including phenoxy) is 1. The Hall–Kier alpha value is -1.84. The summed E-state index contributed by atoms with van der Waals surface area (Å²) < 4.78 is 5.35. The quantitative estimate of drug-likeness (QED) is 0.782. The number of benzene rings is 1. The van der Waals surface area contributed by atoms with Crippen molar-refractivity contribution in [3.05, 3.63) is 23.3 Å². The number of methoxy groups -OCH3 is 1. The van der Waals surface area contributed by atoms with Crippen molar-refractivity contribution in [3.63, 3.8) is 0 Å². The van der Waals surface area contributed by atoms with Crippen molar-refractivity contribution in [2.75, 3.05) is 12.0 Å². The van der Waals surface area contributed by atoms with Crippen LogP contribution in [0.1, 0.15) is 62.9 Å². The number of anilines is 1. The van der Waals surface area contributed by atoms with Gasteiger partial charge in [-0.05, 0) is 44.7 Å². The molecule has 0 aliphatic carbocycles. The summed E-state index contributed by atoms with van der Waals surface area (Å²) in [5, 5.41) is 0. The standard InChI is InChI=1S/C17H23NO3/c1-10-9-17(4,5)18(12(3)20)15-8-16(21-6)14(11(2)19)7-13(10)15/h7-8,10H,9H2,1-6H3. The Labute approximate surface area is 126 Å². The lowest BCUT2D eigenvalue weighted by molar-refractivity contribution is -0.117. The molecule has 0 saturated carbocycles. The van der Waals surface area contributed by atoms with Gasteiger partial charge in [-0.15, -0.1) is 0 Å². The number of nitrogens with zero attached hydrogens (tertiary/aromatic N) is 1. The van der Waals surface area contributed by atoms with Crippen LogP contribution in [-0.2, 0) is 4.79 Å². The van der Waals surface area contributed by atoms with Gasteiger partial charge >= 0.3 is 0 Å². The number of rotatable bonds is 2. The first kappa shape index (κ1) is 15.5. The molecule has 0 bridgehead atoms. The molecule has 1 aliphatic heterocycles. The van der Waals surface area contributed by atoms with E-state index in [9.17, 15) is 9.59 Å². The molecule has 2 rings (SSSR count). The summed E-state index contributed by atoms with van der Waals surface area (Å²) >= 11 is 0. The minimum atomic E-state index is -0.249. The predicted molar refractivity (Wildman–Crippen MR) is 83.3 cm³/mol. The Bertz CT molecular complexity index is 604. The minimum Gasteiger partial charge on any atom is -0.496 e. The van der Waals surface area contributed by atoms with Crippen molar-refractivity contribution in [3.8, 4) is 5.75 Å². The number of carbonyl (C=O) groups is 2. The van der Waals surface area contributed by atoms with Gasteiger partial charge in [-0.1, -0.05) is 6.92 Å². The second kappa shape index (κ2) is 5.17. The van der Waals surface area contributed by atoms with Crippen LogP contribution in [0.3, 0.4) is 0 Å². The second-order valence-corrected chi connectivity index (χ2v) is 6.44. The topological polar surface area (TPSA) is 46.6 Å². The van der Waals surface area contributed by atoms with Crippen LogP contribution in [0.5, 0.6) is 5.75 Å². The number of ketones is 1. The molecular formula is C17H23NO3. The third-order valence-corrected chi connectivity index (χ3v) is 4.23. The van der Waals surface area contributed by atoms with Gasteiger partial charge in [-0.2, -0.15) is 0 Å². The van der Waals surface area contributed by atoms with E-state index in [1.54, 1.807) is 14.0 Å². The Morgan fingerprint density at radius 2 is 1.90 bits per heavy atom. The molecule has 114 valence electrons. The molecule has 4 nitrogen and oxygen atoms in total. The largest absolute Gasteiger partial charge is 0.496 e. The highest BCUT2D eigenvalue weighted by Gasteiger charge is 2.39. The van der Waals surface area contributed by atoms with Crippen LogP contribution < -0.4 is 9.64 Å². The molecule has 0 spiro atoms. The molecule has 0 saturated heterocycles. The molecule has 0 N–H and O–H groups in total. The van der Waals surface area contributed by atoms with Gasteiger partial charge in [0.05, 0.1) is 18.4 Å². The lowest BCUT2D eigenvalue weighted by Crippen LogP contribution is -2.50. The van der Waals surface area contributed by atoms with Gasteiger partial charge in [0.1, 0.15) is 5.75 Å². The molecule has 1 amide bonds. The number of carbonyl (C=O) groups excluding carboxylic acids is 2. The van der Waals surface area contributed by atoms with Crippen molar-refractivity contribution in [2.24, 2.45) is 0 Å². The summed E-state index contributed by atoms with van der Waals surface area (Å²) in [5.41, 5.74) is 2.22. The molecule has 4 heteroatoms. The molecule has 1 aromatic carbocycles. The Kier molecular flexibility index (Phi) is 3.83. The molecule has 0 aromatic heterocycles. The van der Waals surface area contributed by atoms with Crippen molar-refractivity contribution in [1.29, 1.82) is 0 Å². The summed E-state index contributed by atoms with van der Waals surface area (Å²) in [6.07, 6.45) is 0.864. The van der Waals surface area contributed by atoms with Crippen LogP contribution >= 0.6 is 0 Å². The molecule has 1 unspecified atom stereocenters. The summed E-state index contributed by atoms with van der Waals surface area (Å²) in [7, 11) is 1.55. The first-order valence-corrected chi connectivity index (χ1v) is 7.22. The van der Waals surface area contributed by atoms with Gasteiger partial charge < -0.3 is 9.64 Å². The van der Waals surface area contributed by atoms with Gasteiger partial charge in [0.2, 0.25) is 5.91 Å². The average molecular weight is 289 g/mol. The smallest absolute Gasteiger partial charge is 0.224 e. The van der Waals surface area contributed by atoms with E-state index in [1.807, 2.05) is 17.0 Å². The second-order valence-electron chi connectivity index (χ2n) is 6.44. The predicted octanol–water partition coefficient (Wildman–Crippen LogP) is 3.54. The van der Waals surface area contributed by atoms with Crippen LogP contribution in [0.4, 0.5) is 5.69 Å². The number of fused-ring (bicyclic) bond motifs is 1. The minimum absolute atomic E-state index is 0.00535. The Balaban J connectivity index is 2.72. The highest BCUT2D eigenvalue weighted by atomic mass is 16.5. The highest BCUT2D eigenvalue weighted by Crippen LogP contribution is 2.45. The van der Waals surface area contributed by atoms with Crippen molar-refractivity contribution in [2.45, 2.75) is 52.5 Å². The molecule has 1 atom stereocenters. The fourth-order valence-electron chi connectivity index (χ4n) is 3.49. The lowest BCUT2D eigenvalue weighted by atomic mass is 9.79. The van der Waals surface area contributed by atoms with Gasteiger partial charge in [-0.25, -0.2) is 0 Å². The molecular weight excluding hydrogens is 266 g/mol. The molecule has 0 radical (unpaired) electrons. The third kappa shape index (κ3) is 2.55. The van der Waals surface area contributed by atoms with Gasteiger partial charge in [0, 0.05) is 18.5 Å². The Morgan fingerprint density at radius 1 is 1.29 bits per heavy atom. The maximum atomic E-state index is 12.1. The fraction of sp³-hybridized carbons (Fsp3) is 0.529. The van der Waals surface area contributed by atoms with Crippen LogP contribution in [0, 0.1) is 0 Å². The van der Waals surface area contributed by atoms with E-state index < -0.39 is 0 Å². The average Bonchev–Trinajstić information content (AvgIpc) is 2.35. The number of amides is 1. The van der Waals surface area contributed by atoms with Crippen LogP contribution in [0.15, 0.2) is 12.1 Å². The summed E-state index contributed by atoms with van der Waals surface area (Å²) in [5.74, 6) is 0.791. The van der Waals surface area contributed by atoms with Gasteiger partial charge in [-0.3, -0.25) is 9.59 Å². The Morgan fingerprint density at radius 3 is 2.38 bits per heavy atom. The van der Waals surface area contributed by atoms with E-state index in [2.05, 4.69) is 20.8 Å². The third-order valence-electron chi connectivity index (χ3n) is 4.23. The van der Waals surface area contributed by atoms with Crippen molar-refractivity contribution >= 4 is 17.4 Å². The van der Waals surface area contributed by atoms with Crippen LogP contribution in [0.2, 0.25) is 0 Å². The lowest BCUT2D eigenvalue weighted by Gasteiger charge is -2.45. The van der Waals surface area contributed by atoms with Gasteiger partial charge in [0.15, 0.2) is 5.78 Å².